The van der Waals surface area contributed by atoms with Crippen LogP contribution in [0.5, 0.6) is 0 Å². The fraction of sp³-hybridized carbons (Fsp3) is 0.917. The number of carbonyl (C=O) groups is 6. The van der Waals surface area contributed by atoms with Crippen LogP contribution in [0.15, 0.2) is 12.2 Å². The average Bonchev–Trinajstić information content (AvgIpc) is 0.776. The van der Waals surface area contributed by atoms with E-state index in [4.69, 9.17) is 37.7 Å². The average molecular weight is 1730 g/mol. The molecule has 2 fully saturated rings. The second-order valence-electron chi connectivity index (χ2n) is 35.2. The molecule has 120 heavy (non-hydrogen) atoms. The number of allylic oxidation sites excluding steroid dienone is 2. The monoisotopic (exact) mass is 1730 g/mol. The molecule has 2 aliphatic heterocycles. The van der Waals surface area contributed by atoms with Gasteiger partial charge in [0.25, 0.3) is 0 Å². The van der Waals surface area contributed by atoms with E-state index in [-0.39, 0.29) is 32.3 Å². The Balaban J connectivity index is 2.70. The van der Waals surface area contributed by atoms with Crippen LogP contribution >= 0.6 is 7.82 Å². The van der Waals surface area contributed by atoms with Gasteiger partial charge in [0.1, 0.15) is 42.7 Å². The molecule has 23 nitrogen and oxygen atoms in total. The summed E-state index contributed by atoms with van der Waals surface area (Å²) in [5.74, 6) is -4.18. The van der Waals surface area contributed by atoms with Crippen molar-refractivity contribution in [2.75, 3.05) is 19.8 Å². The van der Waals surface area contributed by atoms with Gasteiger partial charge in [0, 0.05) is 12.8 Å². The van der Waals surface area contributed by atoms with E-state index in [9.17, 15) is 58.8 Å². The lowest BCUT2D eigenvalue weighted by atomic mass is 9.95. The summed E-state index contributed by atoms with van der Waals surface area (Å²) in [5.41, 5.74) is 0. The number of nitrogens with one attached hydrogen (secondary N) is 2. The predicted molar refractivity (Wildman–Crippen MR) is 478 cm³/mol. The van der Waals surface area contributed by atoms with Gasteiger partial charge in [-0.25, -0.2) is 4.57 Å². The number of esters is 4. The molecule has 8 N–H and O–H groups in total. The van der Waals surface area contributed by atoms with Gasteiger partial charge < -0.3 is 74.0 Å². The number of ether oxygens (including phenoxy) is 7. The summed E-state index contributed by atoms with van der Waals surface area (Å²) in [4.78, 5) is 107. The first-order valence-corrected chi connectivity index (χ1v) is 51.0. The second-order valence-corrected chi connectivity index (χ2v) is 36.4. The Bertz CT molecular complexity index is 2560. The molecule has 2 amide bonds. The maximum atomic E-state index is 15.1. The summed E-state index contributed by atoms with van der Waals surface area (Å²) < 4.78 is 62.3. The van der Waals surface area contributed by atoms with Crippen LogP contribution in [0, 0.1) is 0 Å². The van der Waals surface area contributed by atoms with Crippen LogP contribution in [0.2, 0.25) is 0 Å². The summed E-state index contributed by atoms with van der Waals surface area (Å²) in [6.45, 7) is 11.1. The molecule has 0 aromatic carbocycles. The van der Waals surface area contributed by atoms with E-state index in [0.717, 1.165) is 199 Å². The van der Waals surface area contributed by atoms with Crippen molar-refractivity contribution in [1.29, 1.82) is 0 Å². The number of carbonyl (C=O) groups excluding carboxylic acids is 6. The van der Waals surface area contributed by atoms with E-state index < -0.39 is 155 Å². The minimum atomic E-state index is -5.59. The predicted octanol–water partition coefficient (Wildman–Crippen LogP) is 21.7. The molecule has 0 aromatic heterocycles. The van der Waals surface area contributed by atoms with Crippen LogP contribution in [0.1, 0.15) is 465 Å². The summed E-state index contributed by atoms with van der Waals surface area (Å²) in [7, 11) is -5.59. The molecule has 0 bridgehead atoms. The molecule has 2 saturated heterocycles. The molecule has 0 spiro atoms. The Kier molecular flexibility index (Phi) is 71.8. The maximum Gasteiger partial charge on any atom is 0.470 e. The third kappa shape index (κ3) is 60.9. The van der Waals surface area contributed by atoms with Crippen molar-refractivity contribution in [3.05, 3.63) is 12.2 Å². The Morgan fingerprint density at radius 1 is 0.400 bits per heavy atom. The molecular weight excluding hydrogens is 1550 g/mol. The Morgan fingerprint density at radius 3 is 1.15 bits per heavy atom. The minimum absolute atomic E-state index is 0.125. The van der Waals surface area contributed by atoms with E-state index in [0.29, 0.717) is 51.4 Å². The first kappa shape index (κ1) is 112. The van der Waals surface area contributed by atoms with Gasteiger partial charge in [-0.3, -0.25) is 33.3 Å². The van der Waals surface area contributed by atoms with Gasteiger partial charge in [-0.05, 0) is 77.0 Å². The topological polar surface area (TPSA) is 339 Å². The molecule has 24 heteroatoms. The highest BCUT2D eigenvalue weighted by molar-refractivity contribution is 7.46. The summed E-state index contributed by atoms with van der Waals surface area (Å²) in [6, 6.07) is -2.93. The number of aliphatic hydroxyl groups is 4. The SMILES string of the molecule is CCCCCC/C=C\CCCCCCCC(=O)O[C@H](CCCCCCCCCCC)CC(=O)NC1[C@H](OCC2OCC(NC(=O)C[C@H](O)CCCCCCCCCCC)[C@@H](OC(=O)C[C@H](O)CCCCCCCCCCC)[C@@H]2O)OC(CO)[C@@H](OP(=O)(O)O)[C@@H]1OC(=O)C[C@@H](CCCCCCCCCCC)OC(=O)CCCCCCCCCCC. The Hall–Kier alpha value is -3.61. The van der Waals surface area contributed by atoms with Crippen LogP contribution < -0.4 is 10.6 Å². The van der Waals surface area contributed by atoms with E-state index >= 15 is 4.79 Å². The quantitative estimate of drug-likeness (QED) is 0.00922. The molecule has 0 saturated carbocycles. The van der Waals surface area contributed by atoms with Gasteiger partial charge in [-0.2, -0.15) is 0 Å². The Labute approximate surface area is 728 Å². The minimum Gasteiger partial charge on any atom is -0.462 e. The molecule has 0 radical (unpaired) electrons. The molecule has 704 valence electrons. The highest BCUT2D eigenvalue weighted by Crippen LogP contribution is 2.43. The van der Waals surface area contributed by atoms with Gasteiger partial charge >= 0.3 is 31.7 Å². The van der Waals surface area contributed by atoms with Gasteiger partial charge in [-0.15, -0.1) is 0 Å². The van der Waals surface area contributed by atoms with Crippen LogP contribution in [-0.2, 0) is 71.0 Å². The first-order chi connectivity index (χ1) is 58.2. The van der Waals surface area contributed by atoms with E-state index in [2.05, 4.69) is 64.3 Å². The standard InChI is InChI=1S/C96H179N2O21P/c1-7-13-19-25-31-37-38-39-40-46-52-58-63-69-87(104)114-80(67-61-55-49-43-34-28-22-16-10-4)73-86(103)98-91-95(118-90(107)74-81(68-62-56-50-44-35-29-23-17-11-5)115-88(105)70-64-57-51-45-36-30-24-18-12-6)94(119-120(109,110)111)83(75-99)116-96(91)113-77-84-92(108)93(117-89(106)72-79(101)66-60-54-48-42-33-27-21-15-9-3)82(76-112-84)97-85(102)71-78(100)65-59-53-47-41-32-26-20-14-8-2/h37-38,78-84,91-96,99-101,108H,7-36,39-77H2,1-6H3,(H,97,102)(H,98,103)(H2,109,110,111)/b38-37-/t78-,79-,80-,81-,82?,83?,84?,91?,92-,93-,94-,95-,96-/m1/s1. The van der Waals surface area contributed by atoms with Crippen molar-refractivity contribution in [2.24, 2.45) is 0 Å². The highest BCUT2D eigenvalue weighted by atomic mass is 31.2. The van der Waals surface area contributed by atoms with Crippen molar-refractivity contribution in [3.8, 4) is 0 Å². The van der Waals surface area contributed by atoms with Crippen LogP contribution in [0.3, 0.4) is 0 Å². The molecule has 13 atom stereocenters. The third-order valence-electron chi connectivity index (χ3n) is 23.7. The number of unbranched alkanes of at least 4 members (excludes halogenated alkanes) is 49. The second kappa shape index (κ2) is 76.6. The lowest BCUT2D eigenvalue weighted by molar-refractivity contribution is -0.282. The molecule has 0 aliphatic carbocycles. The van der Waals surface area contributed by atoms with Gasteiger partial charge in [0.15, 0.2) is 18.5 Å². The number of phosphoric ester groups is 1. The molecule has 2 rings (SSSR count). The van der Waals surface area contributed by atoms with Crippen molar-refractivity contribution < 1.29 is 101 Å². The number of amides is 2. The van der Waals surface area contributed by atoms with Crippen LogP contribution in [0.25, 0.3) is 0 Å². The van der Waals surface area contributed by atoms with Gasteiger partial charge in [-0.1, -0.05) is 362 Å². The zero-order chi connectivity index (χ0) is 87.7. The number of aliphatic hydroxyl groups excluding tert-OH is 4. The lowest BCUT2D eigenvalue weighted by Gasteiger charge is -2.46. The summed E-state index contributed by atoms with van der Waals surface area (Å²) in [6.07, 6.45) is 46.6. The third-order valence-corrected chi connectivity index (χ3v) is 24.2. The number of hydrogen-bond acceptors (Lipinski definition) is 19. The van der Waals surface area contributed by atoms with Crippen LogP contribution in [-0.4, -0.2) is 165 Å². The van der Waals surface area contributed by atoms with Gasteiger partial charge in [0.05, 0.1) is 63.8 Å². The molecule has 2 aliphatic rings. The molecule has 0 aromatic rings. The number of phosphoric acid groups is 1. The molecule has 4 unspecified atom stereocenters. The summed E-state index contributed by atoms with van der Waals surface area (Å²) >= 11 is 0. The summed E-state index contributed by atoms with van der Waals surface area (Å²) in [5, 5.41) is 51.5. The van der Waals surface area contributed by atoms with E-state index in [1.807, 2.05) is 0 Å². The smallest absolute Gasteiger partial charge is 0.462 e. The van der Waals surface area contributed by atoms with Crippen molar-refractivity contribution in [2.45, 2.75) is 545 Å². The number of hydrogen-bond donors (Lipinski definition) is 8. The molecular formula is C96H179N2O21P. The Morgan fingerprint density at radius 2 is 0.742 bits per heavy atom. The highest BCUT2D eigenvalue weighted by Gasteiger charge is 2.53. The van der Waals surface area contributed by atoms with E-state index in [1.165, 1.54) is 128 Å². The normalized spacial score (nSPS) is 19.9. The zero-order valence-electron chi connectivity index (χ0n) is 76.7. The van der Waals surface area contributed by atoms with Crippen LogP contribution in [0.4, 0.5) is 0 Å². The van der Waals surface area contributed by atoms with Crippen molar-refractivity contribution >= 4 is 43.5 Å². The zero-order valence-corrected chi connectivity index (χ0v) is 77.6. The lowest BCUT2D eigenvalue weighted by Crippen LogP contribution is -2.67. The maximum absolute atomic E-state index is 15.1. The first-order valence-electron chi connectivity index (χ1n) is 49.5. The fourth-order valence-corrected chi connectivity index (χ4v) is 16.9. The fourth-order valence-electron chi connectivity index (χ4n) is 16.4. The molecule has 2 heterocycles. The number of rotatable bonds is 83. The van der Waals surface area contributed by atoms with Crippen molar-refractivity contribution in [3.63, 3.8) is 0 Å². The van der Waals surface area contributed by atoms with Crippen molar-refractivity contribution in [1.82, 2.24) is 10.6 Å². The van der Waals surface area contributed by atoms with E-state index in [1.54, 1.807) is 0 Å². The largest absolute Gasteiger partial charge is 0.470 e. The van der Waals surface area contributed by atoms with Gasteiger partial charge in [0.2, 0.25) is 11.8 Å².